The van der Waals surface area contributed by atoms with Gasteiger partial charge >= 0.3 is 73.2 Å². The molecule has 0 N–H and O–H groups in total. The van der Waals surface area contributed by atoms with Crippen LogP contribution in [0.25, 0.3) is 0 Å². The fourth-order valence-electron chi connectivity index (χ4n) is 0.407. The molecule has 0 aliphatic carbocycles. The number of hydrogen-bond donors (Lipinski definition) is 0. The summed E-state index contributed by atoms with van der Waals surface area (Å²) in [6, 6.07) is 0. The maximum absolute atomic E-state index is 2.26. The summed E-state index contributed by atoms with van der Waals surface area (Å²) in [5.41, 5.74) is 0. The Bertz CT molecular complexity index is 114. The molecule has 0 aromatic heterocycles. The van der Waals surface area contributed by atoms with Crippen LogP contribution in [0.4, 0.5) is 0 Å². The molecule has 0 aromatic rings. The molecule has 0 saturated carbocycles. The van der Waals surface area contributed by atoms with E-state index in [-0.39, 0.29) is 0 Å². The molecule has 0 unspecified atom stereocenters. The monoisotopic (exact) mass is 450 g/mol. The molecule has 0 saturated heterocycles. The van der Waals surface area contributed by atoms with Crippen molar-refractivity contribution in [1.82, 2.24) is 0 Å². The SMILES string of the molecule is C[C](=[W])[C](=[W])C(C)C. The molecule has 0 aromatic carbocycles. The third-order valence-corrected chi connectivity index (χ3v) is 6.47. The fraction of sp³-hybridized carbons (Fsp3) is 0.667. The van der Waals surface area contributed by atoms with Crippen molar-refractivity contribution in [2.75, 3.05) is 0 Å². The minimum absolute atomic E-state index is 0.780. The maximum atomic E-state index is 2.26. The van der Waals surface area contributed by atoms with E-state index in [4.69, 9.17) is 0 Å². The van der Waals surface area contributed by atoms with E-state index in [9.17, 15) is 0 Å². The normalized spacial score (nSPS) is 9.50. The molecule has 0 rings (SSSR count). The summed E-state index contributed by atoms with van der Waals surface area (Å²) >= 11 is 3.26. The molecule has 0 amide bonds. The summed E-state index contributed by atoms with van der Waals surface area (Å²) in [6.07, 6.45) is 0. The quantitative estimate of drug-likeness (QED) is 0.592. The Morgan fingerprint density at radius 3 is 1.62 bits per heavy atom. The van der Waals surface area contributed by atoms with Crippen LogP contribution in [-0.2, 0) is 38.7 Å². The Kier molecular flexibility index (Phi) is 4.58. The second-order valence-corrected chi connectivity index (χ2v) is 5.86. The molecular weight excluding hydrogens is 440 g/mol. The van der Waals surface area contributed by atoms with Crippen LogP contribution in [0.3, 0.4) is 0 Å². The third kappa shape index (κ3) is 3.20. The molecule has 46 valence electrons. The van der Waals surface area contributed by atoms with Gasteiger partial charge in [-0.3, -0.25) is 0 Å². The summed E-state index contributed by atoms with van der Waals surface area (Å²) in [4.78, 5) is 0. The Hall–Kier alpha value is 1.12. The first kappa shape index (κ1) is 9.12. The first-order valence-corrected chi connectivity index (χ1v) is 5.54. The van der Waals surface area contributed by atoms with Gasteiger partial charge in [-0.2, -0.15) is 0 Å². The zero-order valence-corrected chi connectivity index (χ0v) is 11.3. The zero-order valence-electron chi connectivity index (χ0n) is 5.39. The van der Waals surface area contributed by atoms with Gasteiger partial charge < -0.3 is 0 Å². The average Bonchev–Trinajstić information content (AvgIpc) is 1.64. The van der Waals surface area contributed by atoms with Crippen molar-refractivity contribution in [2.45, 2.75) is 20.8 Å². The molecular formula is C6H10W2. The topological polar surface area (TPSA) is 0 Å². The van der Waals surface area contributed by atoms with E-state index in [0.717, 1.165) is 5.92 Å². The zero-order chi connectivity index (χ0) is 6.73. The average molecular weight is 450 g/mol. The van der Waals surface area contributed by atoms with Crippen molar-refractivity contribution in [3.63, 3.8) is 0 Å². The van der Waals surface area contributed by atoms with Crippen LogP contribution in [-0.4, -0.2) is 7.80 Å². The standard InChI is InChI=1S/C6H10.2W/c1-4-5-6(2)3;;/h6H,1-3H3;;. The van der Waals surface area contributed by atoms with Gasteiger partial charge in [0.2, 0.25) is 0 Å². The number of rotatable bonds is 2. The van der Waals surface area contributed by atoms with Gasteiger partial charge in [-0.05, 0) is 0 Å². The van der Waals surface area contributed by atoms with Crippen LogP contribution in [0.5, 0.6) is 0 Å². The Morgan fingerprint density at radius 2 is 1.62 bits per heavy atom. The summed E-state index contributed by atoms with van der Waals surface area (Å²) in [5, 5.41) is 0. The molecule has 0 spiro atoms. The molecule has 0 aliphatic heterocycles. The van der Waals surface area contributed by atoms with Crippen LogP contribution in [0.2, 0.25) is 0 Å². The molecule has 0 heterocycles. The summed E-state index contributed by atoms with van der Waals surface area (Å²) < 4.78 is 3.22. The Morgan fingerprint density at radius 1 is 1.25 bits per heavy atom. The molecule has 0 atom stereocenters. The van der Waals surface area contributed by atoms with Crippen LogP contribution in [0.15, 0.2) is 0 Å². The Balaban J connectivity index is 3.84. The van der Waals surface area contributed by atoms with Gasteiger partial charge in [-0.15, -0.1) is 0 Å². The van der Waals surface area contributed by atoms with E-state index < -0.39 is 0 Å². The van der Waals surface area contributed by atoms with Gasteiger partial charge in [-0.25, -0.2) is 0 Å². The van der Waals surface area contributed by atoms with E-state index in [1.165, 1.54) is 0 Å². The van der Waals surface area contributed by atoms with Crippen LogP contribution < -0.4 is 0 Å². The van der Waals surface area contributed by atoms with Crippen molar-refractivity contribution in [3.8, 4) is 0 Å². The molecule has 0 nitrogen and oxygen atoms in total. The molecule has 0 aliphatic rings. The van der Waals surface area contributed by atoms with E-state index in [2.05, 4.69) is 20.8 Å². The van der Waals surface area contributed by atoms with Gasteiger partial charge in [-0.1, -0.05) is 0 Å². The van der Waals surface area contributed by atoms with Crippen molar-refractivity contribution < 1.29 is 38.7 Å². The van der Waals surface area contributed by atoms with Gasteiger partial charge in [0.25, 0.3) is 0 Å². The molecule has 2 heteroatoms. The van der Waals surface area contributed by atoms with Crippen LogP contribution >= 0.6 is 0 Å². The number of hydrogen-bond acceptors (Lipinski definition) is 0. The van der Waals surface area contributed by atoms with Gasteiger partial charge in [0, 0.05) is 0 Å². The third-order valence-electron chi connectivity index (χ3n) is 0.871. The predicted molar refractivity (Wildman–Crippen MR) is 30.5 cm³/mol. The van der Waals surface area contributed by atoms with E-state index in [1.54, 1.807) is 46.5 Å². The van der Waals surface area contributed by atoms with Crippen LogP contribution in [0.1, 0.15) is 20.8 Å². The first-order valence-electron chi connectivity index (χ1n) is 2.60. The van der Waals surface area contributed by atoms with Crippen molar-refractivity contribution in [1.29, 1.82) is 0 Å². The second-order valence-electron chi connectivity index (χ2n) is 2.08. The summed E-state index contributed by atoms with van der Waals surface area (Å²) in [6.45, 7) is 6.74. The van der Waals surface area contributed by atoms with Gasteiger partial charge in [0.05, 0.1) is 0 Å². The van der Waals surface area contributed by atoms with E-state index in [0.29, 0.717) is 0 Å². The summed E-state index contributed by atoms with van der Waals surface area (Å²) in [7, 11) is 0. The molecule has 0 fully saturated rings. The molecule has 8 heavy (non-hydrogen) atoms. The van der Waals surface area contributed by atoms with E-state index >= 15 is 0 Å². The molecule has 0 radical (unpaired) electrons. The van der Waals surface area contributed by atoms with Crippen LogP contribution in [0, 0.1) is 5.92 Å². The first-order chi connectivity index (χ1) is 3.55. The summed E-state index contributed by atoms with van der Waals surface area (Å²) in [5.74, 6) is 0.780. The molecule has 0 bridgehead atoms. The van der Waals surface area contributed by atoms with Gasteiger partial charge in [0.15, 0.2) is 0 Å². The second kappa shape index (κ2) is 4.02. The van der Waals surface area contributed by atoms with Crippen molar-refractivity contribution >= 4 is 7.80 Å². The Labute approximate surface area is 72.9 Å². The van der Waals surface area contributed by atoms with E-state index in [1.807, 2.05) is 0 Å². The van der Waals surface area contributed by atoms with Crippen molar-refractivity contribution in [2.24, 2.45) is 5.92 Å². The van der Waals surface area contributed by atoms with Crippen molar-refractivity contribution in [3.05, 3.63) is 0 Å². The predicted octanol–water partition coefficient (Wildman–Crippen LogP) is 1.10. The van der Waals surface area contributed by atoms with Gasteiger partial charge in [0.1, 0.15) is 0 Å². The minimum atomic E-state index is 0.780. The fourth-order valence-corrected chi connectivity index (χ4v) is 1.25.